The van der Waals surface area contributed by atoms with Crippen molar-refractivity contribution in [1.29, 1.82) is 0 Å². The molecule has 2 rings (SSSR count). The van der Waals surface area contributed by atoms with Gasteiger partial charge in [0.2, 0.25) is 5.91 Å². The summed E-state index contributed by atoms with van der Waals surface area (Å²) in [5.74, 6) is 0.117. The van der Waals surface area contributed by atoms with Crippen molar-refractivity contribution in [2.24, 2.45) is 0 Å². The van der Waals surface area contributed by atoms with Gasteiger partial charge in [0.25, 0.3) is 0 Å². The van der Waals surface area contributed by atoms with E-state index in [1.165, 1.54) is 0 Å². The minimum Gasteiger partial charge on any atom is -0.310 e. The van der Waals surface area contributed by atoms with E-state index in [0.29, 0.717) is 17.9 Å². The van der Waals surface area contributed by atoms with Crippen LogP contribution in [0.25, 0.3) is 5.69 Å². The maximum Gasteiger partial charge on any atom is 0.410 e. The van der Waals surface area contributed by atoms with Gasteiger partial charge in [0.1, 0.15) is 0 Å². The maximum absolute atomic E-state index is 12.4. The molecule has 0 fully saturated rings. The molecule has 0 spiro atoms. The summed E-state index contributed by atoms with van der Waals surface area (Å²) in [6.45, 7) is 4.09. The van der Waals surface area contributed by atoms with Gasteiger partial charge in [0.15, 0.2) is 0 Å². The van der Waals surface area contributed by atoms with Gasteiger partial charge in [-0.25, -0.2) is 4.68 Å². The highest BCUT2D eigenvalue weighted by Crippen LogP contribution is 2.23. The van der Waals surface area contributed by atoms with Crippen molar-refractivity contribution >= 4 is 23.4 Å². The average Bonchev–Trinajstić information content (AvgIpc) is 2.97. The van der Waals surface area contributed by atoms with Gasteiger partial charge in [-0.3, -0.25) is 9.78 Å². The number of anilines is 1. The van der Waals surface area contributed by atoms with E-state index in [-0.39, 0.29) is 24.2 Å². The number of carbonyl (C=O) groups is 1. The average molecular weight is 384 g/mol. The number of amides is 1. The van der Waals surface area contributed by atoms with Crippen LogP contribution >= 0.6 is 11.8 Å². The molecule has 0 unspecified atom stereocenters. The first-order valence-corrected chi connectivity index (χ1v) is 8.99. The van der Waals surface area contributed by atoms with Gasteiger partial charge in [-0.05, 0) is 31.4 Å². The molecule has 0 N–H and O–H groups in total. The van der Waals surface area contributed by atoms with E-state index in [0.717, 1.165) is 22.9 Å². The van der Waals surface area contributed by atoms with E-state index in [1.54, 1.807) is 41.2 Å². The topological polar surface area (TPSA) is 51.0 Å². The number of hydrogen-bond donors (Lipinski definition) is 0. The predicted octanol–water partition coefficient (Wildman–Crippen LogP) is 4.13. The fourth-order valence-electron chi connectivity index (χ4n) is 2.29. The molecule has 0 aliphatic heterocycles. The van der Waals surface area contributed by atoms with E-state index in [2.05, 4.69) is 10.1 Å². The Morgan fingerprint density at radius 1 is 1.42 bits per heavy atom. The third-order valence-electron chi connectivity index (χ3n) is 3.48. The molecule has 0 radical (unpaired) electrons. The van der Waals surface area contributed by atoms with E-state index in [1.807, 2.05) is 13.0 Å². The highest BCUT2D eigenvalue weighted by Gasteiger charge is 2.22. The Labute approximate surface area is 153 Å². The summed E-state index contributed by atoms with van der Waals surface area (Å²) in [4.78, 5) is 18.1. The summed E-state index contributed by atoms with van der Waals surface area (Å²) in [6, 6.07) is 3.64. The van der Waals surface area contributed by atoms with Crippen molar-refractivity contribution in [3.05, 3.63) is 47.9 Å². The minimum absolute atomic E-state index is 0.137. The van der Waals surface area contributed by atoms with Crippen molar-refractivity contribution in [1.82, 2.24) is 14.8 Å². The van der Waals surface area contributed by atoms with E-state index in [9.17, 15) is 18.0 Å². The fourth-order valence-corrected chi connectivity index (χ4v) is 2.97. The molecule has 0 aromatic carbocycles. The summed E-state index contributed by atoms with van der Waals surface area (Å²) >= 11 is 0.961. The Kier molecular flexibility index (Phi) is 6.84. The molecule has 0 aliphatic rings. The van der Waals surface area contributed by atoms with Crippen molar-refractivity contribution in [3.8, 4) is 5.69 Å². The van der Waals surface area contributed by atoms with Crippen LogP contribution in [0.3, 0.4) is 0 Å². The minimum atomic E-state index is -4.33. The second-order valence-electron chi connectivity index (χ2n) is 5.36. The zero-order valence-corrected chi connectivity index (χ0v) is 15.2. The lowest BCUT2D eigenvalue weighted by Crippen LogP contribution is -2.31. The number of allylic oxidation sites excluding steroid dienone is 1. The smallest absolute Gasteiger partial charge is 0.310 e. The molecule has 0 bridgehead atoms. The number of rotatable bonds is 7. The summed E-state index contributed by atoms with van der Waals surface area (Å²) in [5.41, 5.74) is 2.14. The van der Waals surface area contributed by atoms with Crippen molar-refractivity contribution < 1.29 is 18.0 Å². The second-order valence-corrected chi connectivity index (χ2v) is 6.37. The molecule has 2 aromatic heterocycles. The van der Waals surface area contributed by atoms with Crippen LogP contribution < -0.4 is 4.90 Å². The Hall–Kier alpha value is -2.29. The number of halogens is 3. The first kappa shape index (κ1) is 20.0. The number of carbonyl (C=O) groups excluding carboxylic acids is 1. The lowest BCUT2D eigenvalue weighted by molar-refractivity contribution is -0.118. The zero-order chi connectivity index (χ0) is 19.2. The molecule has 0 saturated carbocycles. The zero-order valence-electron chi connectivity index (χ0n) is 14.4. The van der Waals surface area contributed by atoms with Gasteiger partial charge in [0.05, 0.1) is 29.5 Å². The maximum atomic E-state index is 12.4. The molecule has 9 heteroatoms. The molecule has 140 valence electrons. The Bertz CT molecular complexity index is 759. The molecule has 0 saturated heterocycles. The molecule has 1 amide bonds. The van der Waals surface area contributed by atoms with Crippen molar-refractivity contribution in [3.63, 3.8) is 0 Å². The molecule has 2 heterocycles. The standard InChI is InChI=1S/C17H19F3N4OS/c1-3-23(16(25)6-9-26-10-7-17(18,19)20)15-12-24(22-13(15)2)14-5-4-8-21-11-14/h4-5,7-8,10-12H,3,6,9H2,1-2H3/b10-7+. The Morgan fingerprint density at radius 3 is 2.81 bits per heavy atom. The number of aryl methyl sites for hydroxylation is 1. The van der Waals surface area contributed by atoms with Crippen LogP contribution in [0.5, 0.6) is 0 Å². The number of alkyl halides is 3. The third-order valence-corrected chi connectivity index (χ3v) is 4.25. The predicted molar refractivity (Wildman–Crippen MR) is 96.4 cm³/mol. The van der Waals surface area contributed by atoms with E-state index in [4.69, 9.17) is 0 Å². The molecule has 2 aromatic rings. The molecule has 26 heavy (non-hydrogen) atoms. The second kappa shape index (κ2) is 8.88. The highest BCUT2D eigenvalue weighted by atomic mass is 32.2. The van der Waals surface area contributed by atoms with Gasteiger partial charge < -0.3 is 4.90 Å². The van der Waals surface area contributed by atoms with Gasteiger partial charge in [0, 0.05) is 31.0 Å². The number of hydrogen-bond acceptors (Lipinski definition) is 4. The van der Waals surface area contributed by atoms with Crippen LogP contribution in [-0.2, 0) is 4.79 Å². The molecule has 5 nitrogen and oxygen atoms in total. The molecule has 0 aliphatic carbocycles. The normalized spacial score (nSPS) is 11.9. The van der Waals surface area contributed by atoms with E-state index < -0.39 is 6.18 Å². The largest absolute Gasteiger partial charge is 0.410 e. The fraction of sp³-hybridized carbons (Fsp3) is 0.353. The van der Waals surface area contributed by atoms with Crippen LogP contribution in [-0.4, -0.2) is 39.1 Å². The highest BCUT2D eigenvalue weighted by molar-refractivity contribution is 8.02. The van der Waals surface area contributed by atoms with Crippen LogP contribution in [0.15, 0.2) is 42.2 Å². The quantitative estimate of drug-likeness (QED) is 0.674. The van der Waals surface area contributed by atoms with Gasteiger partial charge >= 0.3 is 6.18 Å². The summed E-state index contributed by atoms with van der Waals surface area (Å²) in [6.07, 6.45) is 1.06. The van der Waals surface area contributed by atoms with Crippen LogP contribution in [0, 0.1) is 6.92 Å². The van der Waals surface area contributed by atoms with Crippen molar-refractivity contribution in [2.45, 2.75) is 26.4 Å². The Morgan fingerprint density at radius 2 is 2.19 bits per heavy atom. The van der Waals surface area contributed by atoms with Crippen molar-refractivity contribution in [2.75, 3.05) is 17.2 Å². The number of nitrogens with zero attached hydrogens (tertiary/aromatic N) is 4. The lowest BCUT2D eigenvalue weighted by Gasteiger charge is -2.19. The first-order valence-electron chi connectivity index (χ1n) is 7.95. The monoisotopic (exact) mass is 384 g/mol. The molecular weight excluding hydrogens is 365 g/mol. The number of pyridine rings is 1. The van der Waals surface area contributed by atoms with Crippen LogP contribution in [0.2, 0.25) is 0 Å². The summed E-state index contributed by atoms with van der Waals surface area (Å²) in [5, 5.41) is 5.38. The Balaban J connectivity index is 2.03. The number of aromatic nitrogens is 3. The first-order chi connectivity index (χ1) is 12.3. The lowest BCUT2D eigenvalue weighted by atomic mass is 10.3. The molecular formula is C17H19F3N4OS. The number of thioether (sulfide) groups is 1. The van der Waals surface area contributed by atoms with Crippen LogP contribution in [0.1, 0.15) is 19.0 Å². The van der Waals surface area contributed by atoms with Gasteiger partial charge in [-0.15, -0.1) is 11.8 Å². The third kappa shape index (κ3) is 5.62. The molecule has 0 atom stereocenters. The SMILES string of the molecule is CCN(C(=O)CCS/C=C/C(F)(F)F)c1cn(-c2cccnc2)nc1C. The summed E-state index contributed by atoms with van der Waals surface area (Å²) in [7, 11) is 0. The van der Waals surface area contributed by atoms with Gasteiger partial charge in [-0.2, -0.15) is 18.3 Å². The van der Waals surface area contributed by atoms with E-state index >= 15 is 0 Å². The van der Waals surface area contributed by atoms with Crippen LogP contribution in [0.4, 0.5) is 18.9 Å². The van der Waals surface area contributed by atoms with Gasteiger partial charge in [-0.1, -0.05) is 0 Å². The summed E-state index contributed by atoms with van der Waals surface area (Å²) < 4.78 is 37.8.